The van der Waals surface area contributed by atoms with E-state index in [-0.39, 0.29) is 79.1 Å². The summed E-state index contributed by atoms with van der Waals surface area (Å²) in [6, 6.07) is 16.6. The molecule has 15 nitrogen and oxygen atoms in total. The normalized spacial score (nSPS) is 10.8. The van der Waals surface area contributed by atoms with E-state index in [1.807, 2.05) is 0 Å². The third-order valence-corrected chi connectivity index (χ3v) is 7.49. The molecule has 278 valence electrons. The Balaban J connectivity index is 1.45. The van der Waals surface area contributed by atoms with Crippen LogP contribution in [0.15, 0.2) is 97.5 Å². The van der Waals surface area contributed by atoms with Crippen molar-refractivity contribution < 1.29 is 61.2 Å². The van der Waals surface area contributed by atoms with E-state index in [1.165, 1.54) is 81.6 Å². The smallest absolute Gasteiger partial charge is 0.308 e. The fourth-order valence-corrected chi connectivity index (χ4v) is 5.49. The average molecular weight is 749 g/mol. The molecule has 0 saturated heterocycles. The quantitative estimate of drug-likeness (QED) is 0.112. The molecule has 0 N–H and O–H groups in total. The van der Waals surface area contributed by atoms with E-state index < -0.39 is 40.7 Å². The molecule has 0 aliphatic rings. The van der Waals surface area contributed by atoms with Crippen LogP contribution in [0, 0.1) is 0 Å². The van der Waals surface area contributed by atoms with Gasteiger partial charge in [-0.2, -0.15) is 0 Å². The Labute approximate surface area is 309 Å². The van der Waals surface area contributed by atoms with Gasteiger partial charge in [0.25, 0.3) is 0 Å². The minimum absolute atomic E-state index is 0.0102. The van der Waals surface area contributed by atoms with Crippen molar-refractivity contribution in [3.05, 3.63) is 99.5 Å². The van der Waals surface area contributed by atoms with Crippen LogP contribution in [-0.4, -0.2) is 29.8 Å². The first-order chi connectivity index (χ1) is 26.1. The number of hydrogen-bond donors (Lipinski definition) is 0. The molecule has 4 aromatic carbocycles. The number of fused-ring (bicyclic) bond motifs is 2. The summed E-state index contributed by atoms with van der Waals surface area (Å²) in [4.78, 5) is 86.2. The van der Waals surface area contributed by atoms with Crippen LogP contribution >= 0.6 is 0 Å². The van der Waals surface area contributed by atoms with Crippen LogP contribution in [0.4, 0.5) is 0 Å². The highest BCUT2D eigenvalue weighted by molar-refractivity contribution is 5.91. The Morgan fingerprint density at radius 1 is 0.491 bits per heavy atom. The number of ether oxygens (including phenoxy) is 6. The molecule has 2 aromatic heterocycles. The van der Waals surface area contributed by atoms with Crippen LogP contribution < -0.4 is 39.3 Å². The zero-order valence-corrected chi connectivity index (χ0v) is 29.6. The second-order valence-corrected chi connectivity index (χ2v) is 11.8. The lowest BCUT2D eigenvalue weighted by Crippen LogP contribution is -2.10. The average Bonchev–Trinajstić information content (AvgIpc) is 3.08. The van der Waals surface area contributed by atoms with E-state index >= 15 is 0 Å². The molecular weight excluding hydrogens is 720 g/mol. The van der Waals surface area contributed by atoms with E-state index in [1.54, 1.807) is 12.1 Å². The first kappa shape index (κ1) is 37.2. The van der Waals surface area contributed by atoms with Crippen molar-refractivity contribution in [2.75, 3.05) is 0 Å². The Kier molecular flexibility index (Phi) is 10.3. The fourth-order valence-electron chi connectivity index (χ4n) is 5.49. The molecule has 6 aromatic rings. The number of rotatable bonds is 9. The van der Waals surface area contributed by atoms with Gasteiger partial charge in [0, 0.05) is 70.5 Å². The summed E-state index contributed by atoms with van der Waals surface area (Å²) in [7, 11) is 0. The molecule has 0 aliphatic carbocycles. The second-order valence-electron chi connectivity index (χ2n) is 11.8. The molecule has 0 bridgehead atoms. The molecule has 6 rings (SSSR count). The fraction of sp³-hybridized carbons (Fsp3) is 0.125. The third kappa shape index (κ3) is 8.41. The van der Waals surface area contributed by atoms with Crippen LogP contribution in [0.25, 0.3) is 44.4 Å². The zero-order valence-electron chi connectivity index (χ0n) is 29.6. The van der Waals surface area contributed by atoms with Gasteiger partial charge < -0.3 is 37.3 Å². The van der Waals surface area contributed by atoms with Crippen LogP contribution in [0.1, 0.15) is 34.6 Å². The van der Waals surface area contributed by atoms with Gasteiger partial charge in [-0.1, -0.05) is 12.1 Å². The molecule has 0 aliphatic heterocycles. The number of hydrogen-bond acceptors (Lipinski definition) is 15. The SMILES string of the molecule is CC(=O)Oc1ccc(-c2coc3cc(Oc4cc(-c5cc(=O)c6c(OC(C)=O)cc(OC(C)=O)cc6o5)ccc4OC(C)=O)cc(OC(C)=O)c3c2=O)cc1. The highest BCUT2D eigenvalue weighted by Gasteiger charge is 2.21. The first-order valence-corrected chi connectivity index (χ1v) is 16.2. The van der Waals surface area contributed by atoms with Crippen molar-refractivity contribution in [1.29, 1.82) is 0 Å². The number of carbonyl (C=O) groups is 5. The van der Waals surface area contributed by atoms with Crippen molar-refractivity contribution in [1.82, 2.24) is 0 Å². The third-order valence-electron chi connectivity index (χ3n) is 7.49. The molecule has 0 saturated carbocycles. The van der Waals surface area contributed by atoms with Crippen LogP contribution in [0.2, 0.25) is 0 Å². The minimum atomic E-state index is -0.753. The maximum absolute atomic E-state index is 13.8. The van der Waals surface area contributed by atoms with E-state index in [4.69, 9.17) is 37.3 Å². The topological polar surface area (TPSA) is 201 Å². The zero-order chi connectivity index (χ0) is 39.6. The lowest BCUT2D eigenvalue weighted by molar-refractivity contribution is -0.133. The Hall–Kier alpha value is -7.55. The van der Waals surface area contributed by atoms with Gasteiger partial charge in [0.2, 0.25) is 5.43 Å². The van der Waals surface area contributed by atoms with Crippen LogP contribution in [0.3, 0.4) is 0 Å². The summed E-state index contributed by atoms with van der Waals surface area (Å²) in [5, 5.41) is -0.182. The molecule has 0 radical (unpaired) electrons. The van der Waals surface area contributed by atoms with Crippen molar-refractivity contribution >= 4 is 51.8 Å². The summed E-state index contributed by atoms with van der Waals surface area (Å²) in [6.07, 6.45) is 1.21. The Morgan fingerprint density at radius 3 is 1.67 bits per heavy atom. The Bertz CT molecular complexity index is 2680. The lowest BCUT2D eigenvalue weighted by Gasteiger charge is -2.15. The van der Waals surface area contributed by atoms with E-state index in [0.29, 0.717) is 5.56 Å². The Morgan fingerprint density at radius 2 is 1.04 bits per heavy atom. The highest BCUT2D eigenvalue weighted by atomic mass is 16.6. The molecular formula is C40H28O15. The molecule has 0 unspecified atom stereocenters. The number of benzene rings is 4. The molecule has 0 spiro atoms. The predicted molar refractivity (Wildman–Crippen MR) is 192 cm³/mol. The van der Waals surface area contributed by atoms with Gasteiger partial charge >= 0.3 is 29.8 Å². The van der Waals surface area contributed by atoms with E-state index in [2.05, 4.69) is 0 Å². The van der Waals surface area contributed by atoms with Crippen molar-refractivity contribution in [2.24, 2.45) is 0 Å². The van der Waals surface area contributed by atoms with Crippen LogP contribution in [0.5, 0.6) is 40.2 Å². The predicted octanol–water partition coefficient (Wildman–Crippen LogP) is 6.65. The molecule has 55 heavy (non-hydrogen) atoms. The molecule has 15 heteroatoms. The van der Waals surface area contributed by atoms with E-state index in [9.17, 15) is 33.6 Å². The van der Waals surface area contributed by atoms with Crippen molar-refractivity contribution in [3.63, 3.8) is 0 Å². The van der Waals surface area contributed by atoms with Crippen molar-refractivity contribution in [2.45, 2.75) is 34.6 Å². The number of esters is 5. The highest BCUT2D eigenvalue weighted by Crippen LogP contribution is 2.40. The van der Waals surface area contributed by atoms with Gasteiger partial charge in [-0.3, -0.25) is 33.6 Å². The second kappa shape index (κ2) is 15.2. The summed E-state index contributed by atoms with van der Waals surface area (Å²) in [5.41, 5.74) is -0.486. The van der Waals surface area contributed by atoms with E-state index in [0.717, 1.165) is 19.9 Å². The standard InChI is InChI=1S/C40H28O15/c1-19(41)49-26-9-6-24(7-10-26)29-18-48-34-13-28(16-37(53-23(5)45)39(34)40(29)47)54-33-12-25(8-11-31(33)51-21(3)43)32-17-30(46)38-35(52-22(4)44)14-27(50-20(2)42)15-36(38)55-32/h6-18H,1-5H3. The molecule has 0 fully saturated rings. The maximum Gasteiger partial charge on any atom is 0.308 e. The molecule has 2 heterocycles. The van der Waals surface area contributed by atoms with Gasteiger partial charge in [-0.15, -0.1) is 0 Å². The molecule has 0 atom stereocenters. The molecule has 0 amide bonds. The summed E-state index contributed by atoms with van der Waals surface area (Å²) >= 11 is 0. The van der Waals surface area contributed by atoms with Gasteiger partial charge in [-0.25, -0.2) is 0 Å². The first-order valence-electron chi connectivity index (χ1n) is 16.2. The van der Waals surface area contributed by atoms with Gasteiger partial charge in [0.1, 0.15) is 62.7 Å². The summed E-state index contributed by atoms with van der Waals surface area (Å²) in [6.45, 7) is 5.87. The number of carbonyl (C=O) groups excluding carboxylic acids is 5. The van der Waals surface area contributed by atoms with Crippen LogP contribution in [-0.2, 0) is 24.0 Å². The summed E-state index contributed by atoms with van der Waals surface area (Å²) < 4.78 is 44.2. The lowest BCUT2D eigenvalue weighted by atomic mass is 10.0. The largest absolute Gasteiger partial charge is 0.463 e. The maximum atomic E-state index is 13.8. The van der Waals surface area contributed by atoms with Gasteiger partial charge in [-0.05, 0) is 35.9 Å². The van der Waals surface area contributed by atoms with Gasteiger partial charge in [0.15, 0.2) is 16.9 Å². The summed E-state index contributed by atoms with van der Waals surface area (Å²) in [5.74, 6) is -3.71. The van der Waals surface area contributed by atoms with Crippen molar-refractivity contribution in [3.8, 4) is 62.7 Å². The monoisotopic (exact) mass is 748 g/mol. The van der Waals surface area contributed by atoms with Gasteiger partial charge in [0.05, 0.1) is 5.56 Å². The minimum Gasteiger partial charge on any atom is -0.463 e.